The Bertz CT molecular complexity index is 662. The first-order chi connectivity index (χ1) is 9.70. The summed E-state index contributed by atoms with van der Waals surface area (Å²) in [6.45, 7) is 3.77. The van der Waals surface area contributed by atoms with Crippen LogP contribution < -0.4 is 0 Å². The molecule has 1 atom stereocenters. The minimum atomic E-state index is -4.49. The van der Waals surface area contributed by atoms with E-state index in [0.29, 0.717) is 0 Å². The van der Waals surface area contributed by atoms with Crippen molar-refractivity contribution >= 4 is 15.9 Å². The average Bonchev–Trinajstić information content (AvgIpc) is 2.37. The summed E-state index contributed by atoms with van der Waals surface area (Å²) in [7, 11) is 0. The van der Waals surface area contributed by atoms with Gasteiger partial charge in [-0.05, 0) is 43.2 Å². The maximum Gasteiger partial charge on any atom is 0.416 e. The molecule has 0 aromatic heterocycles. The second-order valence-electron chi connectivity index (χ2n) is 4.96. The van der Waals surface area contributed by atoms with Crippen LogP contribution in [0.4, 0.5) is 17.6 Å². The highest BCUT2D eigenvalue weighted by molar-refractivity contribution is 9.09. The predicted molar refractivity (Wildman–Crippen MR) is 78.1 cm³/mol. The third kappa shape index (κ3) is 3.46. The van der Waals surface area contributed by atoms with Crippen LogP contribution in [-0.4, -0.2) is 0 Å². The third-order valence-corrected chi connectivity index (χ3v) is 4.28. The van der Waals surface area contributed by atoms with Crippen LogP contribution in [0.1, 0.15) is 32.6 Å². The van der Waals surface area contributed by atoms with Crippen LogP contribution in [0.5, 0.6) is 0 Å². The largest absolute Gasteiger partial charge is 0.416 e. The number of hydrogen-bond acceptors (Lipinski definition) is 0. The summed E-state index contributed by atoms with van der Waals surface area (Å²) >= 11 is 3.31. The Kier molecular flexibility index (Phi) is 4.42. The molecule has 0 radical (unpaired) electrons. The molecule has 1 unspecified atom stereocenters. The van der Waals surface area contributed by atoms with Crippen LogP contribution >= 0.6 is 15.9 Å². The molecule has 0 aliphatic heterocycles. The zero-order valence-electron chi connectivity index (χ0n) is 11.4. The standard InChI is InChI=1S/C16H13BrF4/c1-9-3-5-12(10(2)7-9)15(17)13-8-11(16(19,20)21)4-6-14(13)18/h3-8,15H,1-2H3. The smallest absolute Gasteiger partial charge is 0.207 e. The van der Waals surface area contributed by atoms with Gasteiger partial charge in [-0.15, -0.1) is 0 Å². The minimum Gasteiger partial charge on any atom is -0.207 e. The predicted octanol–water partition coefficient (Wildman–Crippen LogP) is 5.95. The van der Waals surface area contributed by atoms with Crippen molar-refractivity contribution in [2.24, 2.45) is 0 Å². The fraction of sp³-hybridized carbons (Fsp3) is 0.250. The number of hydrogen-bond donors (Lipinski definition) is 0. The fourth-order valence-electron chi connectivity index (χ4n) is 2.19. The van der Waals surface area contributed by atoms with Gasteiger partial charge in [0.1, 0.15) is 5.82 Å². The monoisotopic (exact) mass is 360 g/mol. The summed E-state index contributed by atoms with van der Waals surface area (Å²) in [4.78, 5) is -0.625. The molecule has 0 nitrogen and oxygen atoms in total. The first-order valence-electron chi connectivity index (χ1n) is 6.28. The molecular formula is C16H13BrF4. The third-order valence-electron chi connectivity index (χ3n) is 3.29. The second-order valence-corrected chi connectivity index (χ2v) is 5.87. The molecule has 0 spiro atoms. The summed E-state index contributed by atoms with van der Waals surface area (Å²) in [5, 5.41) is 0. The van der Waals surface area contributed by atoms with Gasteiger partial charge in [-0.25, -0.2) is 4.39 Å². The summed E-state index contributed by atoms with van der Waals surface area (Å²) < 4.78 is 52.2. The van der Waals surface area contributed by atoms with Crippen molar-refractivity contribution < 1.29 is 17.6 Å². The molecule has 0 amide bonds. The van der Waals surface area contributed by atoms with E-state index in [2.05, 4.69) is 15.9 Å². The van der Waals surface area contributed by atoms with Crippen molar-refractivity contribution in [3.63, 3.8) is 0 Å². The highest BCUT2D eigenvalue weighted by Gasteiger charge is 2.32. The fourth-order valence-corrected chi connectivity index (χ4v) is 3.06. The maximum absolute atomic E-state index is 13.9. The Labute approximate surface area is 128 Å². The first-order valence-corrected chi connectivity index (χ1v) is 7.19. The zero-order valence-corrected chi connectivity index (χ0v) is 13.0. The lowest BCUT2D eigenvalue weighted by Crippen LogP contribution is -2.08. The van der Waals surface area contributed by atoms with E-state index in [9.17, 15) is 17.6 Å². The number of halogens is 5. The number of alkyl halides is 4. The Balaban J connectivity index is 2.50. The highest BCUT2D eigenvalue weighted by Crippen LogP contribution is 2.38. The van der Waals surface area contributed by atoms with Gasteiger partial charge in [0.15, 0.2) is 0 Å². The van der Waals surface area contributed by atoms with Gasteiger partial charge >= 0.3 is 6.18 Å². The van der Waals surface area contributed by atoms with Crippen molar-refractivity contribution in [2.45, 2.75) is 24.9 Å². The molecule has 0 aliphatic carbocycles. The van der Waals surface area contributed by atoms with Crippen molar-refractivity contribution in [2.75, 3.05) is 0 Å². The van der Waals surface area contributed by atoms with E-state index in [-0.39, 0.29) is 5.56 Å². The van der Waals surface area contributed by atoms with Crippen molar-refractivity contribution in [3.05, 3.63) is 70.0 Å². The number of rotatable bonds is 2. The Morgan fingerprint density at radius 2 is 1.62 bits per heavy atom. The molecule has 0 fully saturated rings. The lowest BCUT2D eigenvalue weighted by molar-refractivity contribution is -0.137. The quantitative estimate of drug-likeness (QED) is 0.458. The molecule has 0 bridgehead atoms. The summed E-state index contributed by atoms with van der Waals surface area (Å²) in [6, 6.07) is 8.02. The highest BCUT2D eigenvalue weighted by atomic mass is 79.9. The van der Waals surface area contributed by atoms with Gasteiger partial charge in [0.2, 0.25) is 0 Å². The van der Waals surface area contributed by atoms with Gasteiger partial charge in [0.25, 0.3) is 0 Å². The van der Waals surface area contributed by atoms with Gasteiger partial charge in [-0.1, -0.05) is 39.7 Å². The molecular weight excluding hydrogens is 348 g/mol. The summed E-state index contributed by atoms with van der Waals surface area (Å²) in [6.07, 6.45) is -4.49. The maximum atomic E-state index is 13.9. The molecule has 0 heterocycles. The number of aryl methyl sites for hydroxylation is 2. The minimum absolute atomic E-state index is 0.0169. The van der Waals surface area contributed by atoms with Crippen molar-refractivity contribution in [1.82, 2.24) is 0 Å². The van der Waals surface area contributed by atoms with Crippen LogP contribution in [0.15, 0.2) is 36.4 Å². The van der Waals surface area contributed by atoms with Crippen LogP contribution in [0.25, 0.3) is 0 Å². The van der Waals surface area contributed by atoms with Gasteiger partial charge < -0.3 is 0 Å². The molecule has 2 rings (SSSR count). The second kappa shape index (κ2) is 5.79. The first kappa shape index (κ1) is 16.0. The molecule has 5 heteroatoms. The van der Waals surface area contributed by atoms with E-state index >= 15 is 0 Å². The molecule has 0 aliphatic rings. The normalized spacial score (nSPS) is 13.3. The summed E-state index contributed by atoms with van der Waals surface area (Å²) in [5.41, 5.74) is 1.82. The average molecular weight is 361 g/mol. The van der Waals surface area contributed by atoms with Gasteiger partial charge in [-0.3, -0.25) is 0 Å². The summed E-state index contributed by atoms with van der Waals surface area (Å²) in [5.74, 6) is -0.662. The van der Waals surface area contributed by atoms with Gasteiger partial charge in [0, 0.05) is 5.56 Å². The van der Waals surface area contributed by atoms with Crippen LogP contribution in [0.3, 0.4) is 0 Å². The zero-order chi connectivity index (χ0) is 15.8. The Hall–Kier alpha value is -1.36. The van der Waals surface area contributed by atoms with Crippen molar-refractivity contribution in [1.29, 1.82) is 0 Å². The lowest BCUT2D eigenvalue weighted by atomic mass is 9.97. The van der Waals surface area contributed by atoms with Gasteiger partial charge in [-0.2, -0.15) is 13.2 Å². The lowest BCUT2D eigenvalue weighted by Gasteiger charge is -2.17. The van der Waals surface area contributed by atoms with E-state index in [0.717, 1.165) is 34.9 Å². The SMILES string of the molecule is Cc1ccc(C(Br)c2cc(C(F)(F)F)ccc2F)c(C)c1. The van der Waals surface area contributed by atoms with Gasteiger partial charge in [0.05, 0.1) is 10.4 Å². The Morgan fingerprint density at radius 1 is 0.952 bits per heavy atom. The van der Waals surface area contributed by atoms with E-state index in [1.165, 1.54) is 0 Å². The van der Waals surface area contributed by atoms with E-state index in [1.54, 1.807) is 6.07 Å². The van der Waals surface area contributed by atoms with Crippen LogP contribution in [-0.2, 0) is 6.18 Å². The van der Waals surface area contributed by atoms with Crippen LogP contribution in [0.2, 0.25) is 0 Å². The molecule has 2 aromatic carbocycles. The topological polar surface area (TPSA) is 0 Å². The van der Waals surface area contributed by atoms with Crippen LogP contribution in [0, 0.1) is 19.7 Å². The van der Waals surface area contributed by atoms with E-state index in [4.69, 9.17) is 0 Å². The Morgan fingerprint density at radius 3 is 2.19 bits per heavy atom. The molecule has 0 saturated carbocycles. The molecule has 2 aromatic rings. The number of benzene rings is 2. The molecule has 0 N–H and O–H groups in total. The van der Waals surface area contributed by atoms with Crippen molar-refractivity contribution in [3.8, 4) is 0 Å². The molecule has 0 saturated heterocycles. The van der Waals surface area contributed by atoms with E-state index < -0.39 is 22.4 Å². The van der Waals surface area contributed by atoms with E-state index in [1.807, 2.05) is 26.0 Å². The molecule has 112 valence electrons. The molecule has 21 heavy (non-hydrogen) atoms.